The van der Waals surface area contributed by atoms with Gasteiger partial charge in [0.05, 0.1) is 24.3 Å². The molecule has 2 aromatic rings. The summed E-state index contributed by atoms with van der Waals surface area (Å²) in [6, 6.07) is 14.7. The molecular formula is C25H28O6. The Morgan fingerprint density at radius 3 is 1.81 bits per heavy atom. The SMILES string of the molecule is CCCCc1ccc(C(=O)OC2CO[C@@H]3C(OC(=O)c4ccc(C)cc4)CO[C@H]23)cc1. The van der Waals surface area contributed by atoms with Crippen molar-refractivity contribution >= 4 is 11.9 Å². The molecule has 0 N–H and O–H groups in total. The fourth-order valence-corrected chi connectivity index (χ4v) is 3.92. The molecule has 0 saturated carbocycles. The van der Waals surface area contributed by atoms with Gasteiger partial charge in [0.25, 0.3) is 0 Å². The number of unbranched alkanes of at least 4 members (excludes halogenated alkanes) is 1. The Kier molecular flexibility index (Phi) is 6.68. The summed E-state index contributed by atoms with van der Waals surface area (Å²) < 4.78 is 22.8. The molecule has 2 saturated heterocycles. The number of ether oxygens (including phenoxy) is 4. The highest BCUT2D eigenvalue weighted by Gasteiger charge is 2.51. The maximum Gasteiger partial charge on any atom is 0.338 e. The first kappa shape index (κ1) is 21.5. The Bertz CT molecular complexity index is 905. The lowest BCUT2D eigenvalue weighted by molar-refractivity contribution is -0.0287. The van der Waals surface area contributed by atoms with Gasteiger partial charge < -0.3 is 18.9 Å². The van der Waals surface area contributed by atoms with Gasteiger partial charge in [-0.3, -0.25) is 0 Å². The van der Waals surface area contributed by atoms with Crippen LogP contribution in [0.5, 0.6) is 0 Å². The zero-order valence-corrected chi connectivity index (χ0v) is 17.9. The zero-order chi connectivity index (χ0) is 21.8. The fraction of sp³-hybridized carbons (Fsp3) is 0.440. The molecule has 2 aromatic carbocycles. The summed E-state index contributed by atoms with van der Waals surface area (Å²) in [7, 11) is 0. The van der Waals surface area contributed by atoms with E-state index in [0.29, 0.717) is 11.1 Å². The molecule has 2 aliphatic rings. The molecule has 2 heterocycles. The van der Waals surface area contributed by atoms with Crippen molar-refractivity contribution in [1.82, 2.24) is 0 Å². The van der Waals surface area contributed by atoms with Gasteiger partial charge in [-0.15, -0.1) is 0 Å². The van der Waals surface area contributed by atoms with Crippen molar-refractivity contribution in [3.05, 3.63) is 70.8 Å². The minimum atomic E-state index is -0.527. The first-order chi connectivity index (χ1) is 15.0. The summed E-state index contributed by atoms with van der Waals surface area (Å²) >= 11 is 0. The van der Waals surface area contributed by atoms with Crippen LogP contribution >= 0.6 is 0 Å². The summed E-state index contributed by atoms with van der Waals surface area (Å²) in [5.41, 5.74) is 3.27. The van der Waals surface area contributed by atoms with Gasteiger partial charge in [-0.2, -0.15) is 0 Å². The minimum absolute atomic E-state index is 0.215. The maximum absolute atomic E-state index is 12.6. The maximum atomic E-state index is 12.6. The summed E-state index contributed by atoms with van der Waals surface area (Å²) in [6.45, 7) is 4.54. The second-order valence-electron chi connectivity index (χ2n) is 8.15. The van der Waals surface area contributed by atoms with E-state index in [-0.39, 0.29) is 13.2 Å². The number of hydrogen-bond donors (Lipinski definition) is 0. The largest absolute Gasteiger partial charge is 0.453 e. The Balaban J connectivity index is 1.32. The summed E-state index contributed by atoms with van der Waals surface area (Å²) in [5, 5.41) is 0. The smallest absolute Gasteiger partial charge is 0.338 e. The predicted octanol–water partition coefficient (Wildman–Crippen LogP) is 3.89. The third kappa shape index (κ3) is 4.97. The van der Waals surface area contributed by atoms with Crippen molar-refractivity contribution < 1.29 is 28.5 Å². The topological polar surface area (TPSA) is 71.1 Å². The number of carbonyl (C=O) groups is 2. The Morgan fingerprint density at radius 2 is 1.32 bits per heavy atom. The van der Waals surface area contributed by atoms with Gasteiger partial charge in [-0.25, -0.2) is 9.59 Å². The summed E-state index contributed by atoms with van der Waals surface area (Å²) in [5.74, 6) is -0.818. The van der Waals surface area contributed by atoms with E-state index < -0.39 is 36.4 Å². The number of benzene rings is 2. The van der Waals surface area contributed by atoms with E-state index in [4.69, 9.17) is 18.9 Å². The van der Waals surface area contributed by atoms with Crippen LogP contribution in [0.1, 0.15) is 51.6 Å². The second-order valence-corrected chi connectivity index (χ2v) is 8.15. The molecule has 31 heavy (non-hydrogen) atoms. The molecule has 2 unspecified atom stereocenters. The van der Waals surface area contributed by atoms with Crippen LogP contribution in [0, 0.1) is 6.92 Å². The Labute approximate surface area is 182 Å². The lowest BCUT2D eigenvalue weighted by Gasteiger charge is -2.17. The molecule has 4 rings (SSSR count). The van der Waals surface area contributed by atoms with E-state index in [0.717, 1.165) is 24.8 Å². The van der Waals surface area contributed by atoms with Crippen molar-refractivity contribution in [3.8, 4) is 0 Å². The van der Waals surface area contributed by atoms with Crippen molar-refractivity contribution in [2.45, 2.75) is 57.5 Å². The van der Waals surface area contributed by atoms with Crippen LogP contribution in [0.4, 0.5) is 0 Å². The quantitative estimate of drug-likeness (QED) is 0.628. The first-order valence-corrected chi connectivity index (χ1v) is 10.9. The average molecular weight is 424 g/mol. The standard InChI is InChI=1S/C25H28O6/c1-3-4-5-17-8-12-19(13-9-17)25(27)31-21-15-29-22-20(14-28-23(21)22)30-24(26)18-10-6-16(2)7-11-18/h6-13,20-23H,3-5,14-15H2,1-2H3/t20?,21?,22-,23-/m1/s1. The monoisotopic (exact) mass is 424 g/mol. The molecular weight excluding hydrogens is 396 g/mol. The third-order valence-corrected chi connectivity index (χ3v) is 5.78. The van der Waals surface area contributed by atoms with Crippen LogP contribution < -0.4 is 0 Å². The highest BCUT2D eigenvalue weighted by molar-refractivity contribution is 5.90. The predicted molar refractivity (Wildman–Crippen MR) is 114 cm³/mol. The molecule has 0 radical (unpaired) electrons. The molecule has 164 valence electrons. The third-order valence-electron chi connectivity index (χ3n) is 5.78. The highest BCUT2D eigenvalue weighted by Crippen LogP contribution is 2.31. The van der Waals surface area contributed by atoms with Gasteiger partial charge in [-0.1, -0.05) is 43.2 Å². The summed E-state index contributed by atoms with van der Waals surface area (Å²) in [6.07, 6.45) is 1.32. The molecule has 0 aliphatic carbocycles. The van der Waals surface area contributed by atoms with Crippen molar-refractivity contribution in [1.29, 1.82) is 0 Å². The van der Waals surface area contributed by atoms with E-state index in [2.05, 4.69) is 6.92 Å². The van der Waals surface area contributed by atoms with Crippen LogP contribution in [0.2, 0.25) is 0 Å². The van der Waals surface area contributed by atoms with Crippen LogP contribution in [-0.4, -0.2) is 49.6 Å². The highest BCUT2D eigenvalue weighted by atomic mass is 16.7. The second kappa shape index (κ2) is 9.62. The van der Waals surface area contributed by atoms with E-state index in [1.807, 2.05) is 31.2 Å². The van der Waals surface area contributed by atoms with E-state index in [1.54, 1.807) is 24.3 Å². The lowest BCUT2D eigenvalue weighted by atomic mass is 10.1. The molecule has 6 nitrogen and oxygen atoms in total. The molecule has 0 aromatic heterocycles. The number of fused-ring (bicyclic) bond motifs is 1. The van der Waals surface area contributed by atoms with Crippen molar-refractivity contribution in [3.63, 3.8) is 0 Å². The van der Waals surface area contributed by atoms with Gasteiger partial charge in [0.1, 0.15) is 12.2 Å². The van der Waals surface area contributed by atoms with Crippen LogP contribution in [0.25, 0.3) is 0 Å². The van der Waals surface area contributed by atoms with E-state index in [9.17, 15) is 9.59 Å². The van der Waals surface area contributed by atoms with E-state index >= 15 is 0 Å². The molecule has 0 amide bonds. The molecule has 2 fully saturated rings. The Hall–Kier alpha value is -2.70. The van der Waals surface area contributed by atoms with E-state index in [1.165, 1.54) is 5.56 Å². The van der Waals surface area contributed by atoms with Gasteiger partial charge in [-0.05, 0) is 49.6 Å². The Morgan fingerprint density at radius 1 is 0.839 bits per heavy atom. The molecule has 0 bridgehead atoms. The fourth-order valence-electron chi connectivity index (χ4n) is 3.92. The lowest BCUT2D eigenvalue weighted by Crippen LogP contribution is -2.36. The molecule has 2 aliphatic heterocycles. The first-order valence-electron chi connectivity index (χ1n) is 10.9. The number of hydrogen-bond acceptors (Lipinski definition) is 6. The molecule has 0 spiro atoms. The van der Waals surface area contributed by atoms with Crippen molar-refractivity contribution in [2.24, 2.45) is 0 Å². The molecule has 6 heteroatoms. The minimum Gasteiger partial charge on any atom is -0.453 e. The summed E-state index contributed by atoms with van der Waals surface area (Å²) in [4.78, 5) is 25.0. The van der Waals surface area contributed by atoms with Gasteiger partial charge in [0.15, 0.2) is 12.2 Å². The molecule has 4 atom stereocenters. The van der Waals surface area contributed by atoms with Gasteiger partial charge in [0.2, 0.25) is 0 Å². The number of esters is 2. The number of carbonyl (C=O) groups excluding carboxylic acids is 2. The van der Waals surface area contributed by atoms with Crippen molar-refractivity contribution in [2.75, 3.05) is 13.2 Å². The number of rotatable bonds is 7. The van der Waals surface area contributed by atoms with Crippen LogP contribution in [0.15, 0.2) is 48.5 Å². The normalized spacial score (nSPS) is 24.6. The van der Waals surface area contributed by atoms with Crippen LogP contribution in [0.3, 0.4) is 0 Å². The average Bonchev–Trinajstić information content (AvgIpc) is 3.36. The van der Waals surface area contributed by atoms with Gasteiger partial charge in [0, 0.05) is 0 Å². The number of aryl methyl sites for hydroxylation is 2. The van der Waals surface area contributed by atoms with Crippen LogP contribution in [-0.2, 0) is 25.4 Å². The van der Waals surface area contributed by atoms with Gasteiger partial charge >= 0.3 is 11.9 Å². The zero-order valence-electron chi connectivity index (χ0n) is 17.9.